The van der Waals surface area contributed by atoms with E-state index in [4.69, 9.17) is 5.11 Å². The fraction of sp³-hybridized carbons (Fsp3) is 0.700. The number of carbonyl (C=O) groups is 3. The van der Waals surface area contributed by atoms with Crippen LogP contribution in [0.3, 0.4) is 0 Å². The van der Waals surface area contributed by atoms with Gasteiger partial charge in [-0.3, -0.25) is 24.6 Å². The minimum Gasteiger partial charge on any atom is -0.480 e. The summed E-state index contributed by atoms with van der Waals surface area (Å²) < 4.78 is 0. The van der Waals surface area contributed by atoms with E-state index in [2.05, 4.69) is 5.32 Å². The molecule has 1 aliphatic heterocycles. The molecule has 0 aromatic rings. The molecular weight excluding hydrogens is 212 g/mol. The third-order valence-corrected chi connectivity index (χ3v) is 3.45. The molecule has 1 saturated carbocycles. The highest BCUT2D eigenvalue weighted by Crippen LogP contribution is 2.33. The minimum absolute atomic E-state index is 0.0599. The predicted molar refractivity (Wildman–Crippen MR) is 53.5 cm³/mol. The van der Waals surface area contributed by atoms with Gasteiger partial charge in [-0.15, -0.1) is 0 Å². The van der Waals surface area contributed by atoms with E-state index in [1.165, 1.54) is 7.05 Å². The second-order valence-corrected chi connectivity index (χ2v) is 4.43. The standard InChI is InChI=1S/C10H14N2O4/c1-12-7(13)5-6(8(12)14)11-10(9(15)16)3-2-4-10/h6,11H,2-5H2,1H3,(H,15,16). The largest absolute Gasteiger partial charge is 0.480 e. The van der Waals surface area contributed by atoms with E-state index in [1.807, 2.05) is 0 Å². The molecule has 0 aromatic heterocycles. The molecule has 0 aromatic carbocycles. The van der Waals surface area contributed by atoms with Gasteiger partial charge in [-0.2, -0.15) is 0 Å². The van der Waals surface area contributed by atoms with Gasteiger partial charge in [-0.1, -0.05) is 0 Å². The summed E-state index contributed by atoms with van der Waals surface area (Å²) >= 11 is 0. The highest BCUT2D eigenvalue weighted by molar-refractivity contribution is 6.05. The number of likely N-dealkylation sites (N-methyl/N-ethyl adjacent to an activating group) is 1. The van der Waals surface area contributed by atoms with Gasteiger partial charge in [0, 0.05) is 7.05 Å². The number of hydrogen-bond acceptors (Lipinski definition) is 4. The van der Waals surface area contributed by atoms with E-state index in [-0.39, 0.29) is 18.2 Å². The number of carbonyl (C=O) groups excluding carboxylic acids is 2. The molecule has 6 nitrogen and oxygen atoms in total. The third-order valence-electron chi connectivity index (χ3n) is 3.45. The van der Waals surface area contributed by atoms with E-state index in [1.54, 1.807) is 0 Å². The number of likely N-dealkylation sites (tertiary alicyclic amines) is 1. The minimum atomic E-state index is -0.994. The zero-order chi connectivity index (χ0) is 11.9. The first-order valence-electron chi connectivity index (χ1n) is 5.28. The first kappa shape index (κ1) is 11.1. The Morgan fingerprint density at radius 1 is 1.50 bits per heavy atom. The molecule has 2 aliphatic rings. The molecule has 0 radical (unpaired) electrons. The number of carboxylic acid groups (broad SMARTS) is 1. The van der Waals surface area contributed by atoms with E-state index in [0.29, 0.717) is 12.8 Å². The summed E-state index contributed by atoms with van der Waals surface area (Å²) in [5.41, 5.74) is -0.994. The Hall–Kier alpha value is -1.43. The lowest BCUT2D eigenvalue weighted by molar-refractivity contribution is -0.149. The van der Waals surface area contributed by atoms with Crippen LogP contribution in [-0.4, -0.2) is 46.4 Å². The summed E-state index contributed by atoms with van der Waals surface area (Å²) in [5, 5.41) is 11.9. The second kappa shape index (κ2) is 3.55. The van der Waals surface area contributed by atoms with Gasteiger partial charge < -0.3 is 5.11 Å². The molecular formula is C10H14N2O4. The number of amides is 2. The van der Waals surface area contributed by atoms with Gasteiger partial charge in [0.05, 0.1) is 12.5 Å². The van der Waals surface area contributed by atoms with Crippen LogP contribution in [0.2, 0.25) is 0 Å². The Kier molecular flexibility index (Phi) is 2.46. The van der Waals surface area contributed by atoms with Gasteiger partial charge in [-0.25, -0.2) is 0 Å². The van der Waals surface area contributed by atoms with E-state index in [9.17, 15) is 14.4 Å². The molecule has 2 N–H and O–H groups in total. The van der Waals surface area contributed by atoms with Crippen molar-refractivity contribution in [3.8, 4) is 0 Å². The maximum absolute atomic E-state index is 11.6. The van der Waals surface area contributed by atoms with Gasteiger partial charge >= 0.3 is 5.97 Å². The lowest BCUT2D eigenvalue weighted by atomic mass is 9.76. The van der Waals surface area contributed by atoms with Crippen molar-refractivity contribution < 1.29 is 19.5 Å². The molecule has 2 fully saturated rings. The molecule has 16 heavy (non-hydrogen) atoms. The van der Waals surface area contributed by atoms with Crippen molar-refractivity contribution in [2.24, 2.45) is 0 Å². The van der Waals surface area contributed by atoms with Crippen molar-refractivity contribution in [3.05, 3.63) is 0 Å². The predicted octanol–water partition coefficient (Wildman–Crippen LogP) is -0.659. The Morgan fingerprint density at radius 3 is 2.44 bits per heavy atom. The van der Waals surface area contributed by atoms with E-state index >= 15 is 0 Å². The number of rotatable bonds is 3. The first-order valence-corrected chi connectivity index (χ1v) is 5.28. The molecule has 0 bridgehead atoms. The van der Waals surface area contributed by atoms with Crippen LogP contribution in [0.1, 0.15) is 25.7 Å². The van der Waals surface area contributed by atoms with Gasteiger partial charge in [0.1, 0.15) is 5.54 Å². The highest BCUT2D eigenvalue weighted by Gasteiger charge is 2.49. The van der Waals surface area contributed by atoms with Crippen LogP contribution in [-0.2, 0) is 14.4 Å². The molecule has 1 aliphatic carbocycles. The molecule has 2 rings (SSSR count). The van der Waals surface area contributed by atoms with Crippen molar-refractivity contribution >= 4 is 17.8 Å². The van der Waals surface area contributed by atoms with Crippen LogP contribution < -0.4 is 5.32 Å². The number of carboxylic acids is 1. The van der Waals surface area contributed by atoms with Crippen molar-refractivity contribution in [2.45, 2.75) is 37.3 Å². The lowest BCUT2D eigenvalue weighted by Crippen LogP contribution is -2.61. The average Bonchev–Trinajstić information content (AvgIpc) is 2.39. The summed E-state index contributed by atoms with van der Waals surface area (Å²) in [6.07, 6.45) is 1.93. The number of nitrogens with one attached hydrogen (secondary N) is 1. The molecule has 1 heterocycles. The second-order valence-electron chi connectivity index (χ2n) is 4.43. The van der Waals surface area contributed by atoms with Crippen LogP contribution >= 0.6 is 0 Å². The van der Waals surface area contributed by atoms with Crippen LogP contribution in [0.15, 0.2) is 0 Å². The molecule has 1 unspecified atom stereocenters. The lowest BCUT2D eigenvalue weighted by Gasteiger charge is -2.39. The van der Waals surface area contributed by atoms with Gasteiger partial charge in [0.15, 0.2) is 0 Å². The number of aliphatic carboxylic acids is 1. The van der Waals surface area contributed by atoms with Gasteiger partial charge in [0.25, 0.3) is 0 Å². The fourth-order valence-electron chi connectivity index (χ4n) is 2.15. The SMILES string of the molecule is CN1C(=O)CC(NC2(C(=O)O)CCC2)C1=O. The summed E-state index contributed by atoms with van der Waals surface area (Å²) in [6.45, 7) is 0. The Bertz CT molecular complexity index is 362. The summed E-state index contributed by atoms with van der Waals surface area (Å²) in [5.74, 6) is -1.53. The Balaban J connectivity index is 2.08. The smallest absolute Gasteiger partial charge is 0.323 e. The number of nitrogens with zero attached hydrogens (tertiary/aromatic N) is 1. The summed E-state index contributed by atoms with van der Waals surface area (Å²) in [6, 6.07) is -0.672. The van der Waals surface area contributed by atoms with Gasteiger partial charge in [-0.05, 0) is 19.3 Å². The van der Waals surface area contributed by atoms with Crippen molar-refractivity contribution in [1.82, 2.24) is 10.2 Å². The maximum atomic E-state index is 11.6. The van der Waals surface area contributed by atoms with Crippen LogP contribution in [0.5, 0.6) is 0 Å². The summed E-state index contributed by atoms with van der Waals surface area (Å²) in [7, 11) is 1.42. The number of hydrogen-bond donors (Lipinski definition) is 2. The van der Waals surface area contributed by atoms with Crippen LogP contribution in [0.25, 0.3) is 0 Å². The normalized spacial score (nSPS) is 28.1. The monoisotopic (exact) mass is 226 g/mol. The highest BCUT2D eigenvalue weighted by atomic mass is 16.4. The third kappa shape index (κ3) is 1.49. The van der Waals surface area contributed by atoms with Crippen LogP contribution in [0, 0.1) is 0 Å². The Labute approximate surface area is 92.6 Å². The van der Waals surface area contributed by atoms with Crippen molar-refractivity contribution in [3.63, 3.8) is 0 Å². The fourth-order valence-corrected chi connectivity index (χ4v) is 2.15. The van der Waals surface area contributed by atoms with Gasteiger partial charge in [0.2, 0.25) is 11.8 Å². The average molecular weight is 226 g/mol. The maximum Gasteiger partial charge on any atom is 0.323 e. The van der Waals surface area contributed by atoms with Crippen molar-refractivity contribution in [1.29, 1.82) is 0 Å². The quantitative estimate of drug-likeness (QED) is 0.624. The van der Waals surface area contributed by atoms with Crippen molar-refractivity contribution in [2.75, 3.05) is 7.05 Å². The molecule has 1 atom stereocenters. The first-order chi connectivity index (χ1) is 7.46. The Morgan fingerprint density at radius 2 is 2.12 bits per heavy atom. The molecule has 0 spiro atoms. The van der Waals surface area contributed by atoms with E-state index in [0.717, 1.165) is 11.3 Å². The molecule has 88 valence electrons. The topological polar surface area (TPSA) is 86.7 Å². The molecule has 6 heteroatoms. The van der Waals surface area contributed by atoms with E-state index < -0.39 is 17.6 Å². The zero-order valence-corrected chi connectivity index (χ0v) is 9.02. The zero-order valence-electron chi connectivity index (χ0n) is 9.02. The molecule has 2 amide bonds. The number of imide groups is 1. The molecule has 1 saturated heterocycles. The summed E-state index contributed by atoms with van der Waals surface area (Å²) in [4.78, 5) is 35.0. The van der Waals surface area contributed by atoms with Crippen LogP contribution in [0.4, 0.5) is 0 Å².